The molecule has 0 aliphatic carbocycles. The number of sulfonamides is 1. The molecule has 0 aromatic heterocycles. The molecule has 2 saturated heterocycles. The van der Waals surface area contributed by atoms with E-state index in [0.717, 1.165) is 13.1 Å². The molecule has 0 aromatic carbocycles. The van der Waals surface area contributed by atoms with Crippen LogP contribution in [0.5, 0.6) is 0 Å². The van der Waals surface area contributed by atoms with E-state index in [1.54, 1.807) is 4.31 Å². The van der Waals surface area contributed by atoms with Crippen LogP contribution in [0.1, 0.15) is 19.8 Å². The smallest absolute Gasteiger partial charge is 0.217 e. The Morgan fingerprint density at radius 2 is 2.00 bits per heavy atom. The first-order valence-electron chi connectivity index (χ1n) is 5.91. The van der Waals surface area contributed by atoms with Crippen LogP contribution >= 0.6 is 0 Å². The molecule has 16 heavy (non-hydrogen) atoms. The highest BCUT2D eigenvalue weighted by molar-refractivity contribution is 7.89. The summed E-state index contributed by atoms with van der Waals surface area (Å²) in [4.78, 5) is 0. The summed E-state index contributed by atoms with van der Waals surface area (Å²) in [5, 5.41) is 2.97. The van der Waals surface area contributed by atoms with Crippen LogP contribution in [0.3, 0.4) is 0 Å². The lowest BCUT2D eigenvalue weighted by molar-refractivity contribution is 0.0965. The Labute approximate surface area is 97.2 Å². The molecule has 2 aliphatic heterocycles. The van der Waals surface area contributed by atoms with Crippen molar-refractivity contribution in [1.82, 2.24) is 9.62 Å². The van der Waals surface area contributed by atoms with Crippen LogP contribution in [0.2, 0.25) is 0 Å². The maximum absolute atomic E-state index is 12.4. The summed E-state index contributed by atoms with van der Waals surface area (Å²) < 4.78 is 31.7. The quantitative estimate of drug-likeness (QED) is 0.734. The molecule has 0 aromatic rings. The summed E-state index contributed by atoms with van der Waals surface area (Å²) >= 11 is 0. The van der Waals surface area contributed by atoms with E-state index in [9.17, 15) is 8.42 Å². The van der Waals surface area contributed by atoms with Crippen molar-refractivity contribution in [3.05, 3.63) is 0 Å². The van der Waals surface area contributed by atoms with Crippen molar-refractivity contribution in [3.8, 4) is 0 Å². The molecule has 0 saturated carbocycles. The fourth-order valence-electron chi connectivity index (χ4n) is 2.37. The van der Waals surface area contributed by atoms with Crippen LogP contribution in [0.25, 0.3) is 0 Å². The minimum Gasteiger partial charge on any atom is -0.381 e. The van der Waals surface area contributed by atoms with E-state index in [1.807, 2.05) is 6.92 Å². The second-order valence-electron chi connectivity index (χ2n) is 4.52. The summed E-state index contributed by atoms with van der Waals surface area (Å²) in [7, 11) is -3.12. The lowest BCUT2D eigenvalue weighted by Crippen LogP contribution is -2.55. The number of rotatable bonds is 2. The Balaban J connectivity index is 2.10. The van der Waals surface area contributed by atoms with Crippen molar-refractivity contribution >= 4 is 10.0 Å². The zero-order valence-corrected chi connectivity index (χ0v) is 10.5. The van der Waals surface area contributed by atoms with E-state index < -0.39 is 10.0 Å². The monoisotopic (exact) mass is 248 g/mol. The Morgan fingerprint density at radius 3 is 2.62 bits per heavy atom. The SMILES string of the molecule is C[C@@H]1CNCCN1S(=O)(=O)C1CCOCC1. The summed E-state index contributed by atoms with van der Waals surface area (Å²) in [6.07, 6.45) is 1.28. The van der Waals surface area contributed by atoms with Crippen LogP contribution in [-0.2, 0) is 14.8 Å². The topological polar surface area (TPSA) is 58.6 Å². The fraction of sp³-hybridized carbons (Fsp3) is 1.00. The second-order valence-corrected chi connectivity index (χ2v) is 6.69. The van der Waals surface area contributed by atoms with Gasteiger partial charge in [-0.1, -0.05) is 0 Å². The molecule has 5 nitrogen and oxygen atoms in total. The first-order valence-corrected chi connectivity index (χ1v) is 7.42. The first-order chi connectivity index (χ1) is 7.62. The Morgan fingerprint density at radius 1 is 1.31 bits per heavy atom. The first kappa shape index (κ1) is 12.3. The van der Waals surface area contributed by atoms with Crippen molar-refractivity contribution in [2.45, 2.75) is 31.1 Å². The molecule has 2 rings (SSSR count). The van der Waals surface area contributed by atoms with Crippen molar-refractivity contribution in [2.24, 2.45) is 0 Å². The van der Waals surface area contributed by atoms with E-state index in [1.165, 1.54) is 0 Å². The van der Waals surface area contributed by atoms with E-state index in [-0.39, 0.29) is 11.3 Å². The molecule has 1 N–H and O–H groups in total. The number of piperazine rings is 1. The summed E-state index contributed by atoms with van der Waals surface area (Å²) in [5.74, 6) is 0. The minimum atomic E-state index is -3.12. The molecular formula is C10H20N2O3S. The standard InChI is InChI=1S/C10H20N2O3S/c1-9-8-11-4-5-12(9)16(13,14)10-2-6-15-7-3-10/h9-11H,2-8H2,1H3/t9-/m1/s1. The van der Waals surface area contributed by atoms with Gasteiger partial charge >= 0.3 is 0 Å². The van der Waals surface area contributed by atoms with Gasteiger partial charge in [0.15, 0.2) is 0 Å². The molecular weight excluding hydrogens is 228 g/mol. The molecule has 2 fully saturated rings. The van der Waals surface area contributed by atoms with Gasteiger partial charge in [-0.05, 0) is 19.8 Å². The lowest BCUT2D eigenvalue weighted by atomic mass is 10.2. The highest BCUT2D eigenvalue weighted by Crippen LogP contribution is 2.22. The number of ether oxygens (including phenoxy) is 1. The summed E-state index contributed by atoms with van der Waals surface area (Å²) in [6.45, 7) is 5.22. The van der Waals surface area contributed by atoms with Gasteiger partial charge in [-0.2, -0.15) is 4.31 Å². The molecule has 94 valence electrons. The van der Waals surface area contributed by atoms with Gasteiger partial charge in [0.2, 0.25) is 10.0 Å². The van der Waals surface area contributed by atoms with Crippen LogP contribution in [0, 0.1) is 0 Å². The minimum absolute atomic E-state index is 0.0709. The Bertz CT molecular complexity index is 325. The average Bonchev–Trinajstić information content (AvgIpc) is 2.30. The molecule has 2 heterocycles. The van der Waals surface area contributed by atoms with E-state index in [2.05, 4.69) is 5.32 Å². The molecule has 2 aliphatic rings. The van der Waals surface area contributed by atoms with Gasteiger partial charge in [0.1, 0.15) is 0 Å². The predicted octanol–water partition coefficient (Wildman–Crippen LogP) is -0.211. The molecule has 6 heteroatoms. The van der Waals surface area contributed by atoms with E-state index in [0.29, 0.717) is 32.6 Å². The highest BCUT2D eigenvalue weighted by Gasteiger charge is 2.36. The van der Waals surface area contributed by atoms with Crippen molar-refractivity contribution in [3.63, 3.8) is 0 Å². The molecule has 0 unspecified atom stereocenters. The lowest BCUT2D eigenvalue weighted by Gasteiger charge is -2.36. The number of nitrogens with zero attached hydrogens (tertiary/aromatic N) is 1. The summed E-state index contributed by atoms with van der Waals surface area (Å²) in [6, 6.07) is 0.0709. The molecule has 0 spiro atoms. The normalized spacial score (nSPS) is 30.4. The second kappa shape index (κ2) is 5.00. The third-order valence-corrected chi connectivity index (χ3v) is 5.87. The maximum Gasteiger partial charge on any atom is 0.217 e. The Kier molecular flexibility index (Phi) is 3.84. The fourth-order valence-corrected chi connectivity index (χ4v) is 4.46. The van der Waals surface area contributed by atoms with Crippen molar-refractivity contribution < 1.29 is 13.2 Å². The van der Waals surface area contributed by atoms with Gasteiger partial charge in [0.05, 0.1) is 5.25 Å². The van der Waals surface area contributed by atoms with Gasteiger partial charge in [0, 0.05) is 38.9 Å². The van der Waals surface area contributed by atoms with Gasteiger partial charge < -0.3 is 10.1 Å². The van der Waals surface area contributed by atoms with Crippen molar-refractivity contribution in [1.29, 1.82) is 0 Å². The predicted molar refractivity (Wildman–Crippen MR) is 61.8 cm³/mol. The van der Waals surface area contributed by atoms with Crippen LogP contribution in [0.4, 0.5) is 0 Å². The van der Waals surface area contributed by atoms with Gasteiger partial charge in [-0.25, -0.2) is 8.42 Å². The van der Waals surface area contributed by atoms with Crippen molar-refractivity contribution in [2.75, 3.05) is 32.8 Å². The largest absolute Gasteiger partial charge is 0.381 e. The van der Waals surface area contributed by atoms with Gasteiger partial charge in [-0.3, -0.25) is 0 Å². The van der Waals surface area contributed by atoms with E-state index >= 15 is 0 Å². The molecule has 1 atom stereocenters. The summed E-state index contributed by atoms with van der Waals surface area (Å²) in [5.41, 5.74) is 0. The maximum atomic E-state index is 12.4. The zero-order valence-electron chi connectivity index (χ0n) is 9.68. The molecule has 0 amide bonds. The van der Waals surface area contributed by atoms with Crippen LogP contribution < -0.4 is 5.32 Å². The number of hydrogen-bond donors (Lipinski definition) is 1. The van der Waals surface area contributed by atoms with Crippen LogP contribution in [0.15, 0.2) is 0 Å². The van der Waals surface area contributed by atoms with Gasteiger partial charge in [0.25, 0.3) is 0 Å². The van der Waals surface area contributed by atoms with Crippen LogP contribution in [-0.4, -0.2) is 56.9 Å². The third kappa shape index (κ3) is 2.40. The average molecular weight is 248 g/mol. The van der Waals surface area contributed by atoms with Gasteiger partial charge in [-0.15, -0.1) is 0 Å². The third-order valence-electron chi connectivity index (χ3n) is 3.36. The Hall–Kier alpha value is -0.170. The number of hydrogen-bond acceptors (Lipinski definition) is 4. The highest BCUT2D eigenvalue weighted by atomic mass is 32.2. The molecule has 0 radical (unpaired) electrons. The molecule has 0 bridgehead atoms. The van der Waals surface area contributed by atoms with E-state index in [4.69, 9.17) is 4.74 Å². The number of nitrogens with one attached hydrogen (secondary N) is 1. The zero-order chi connectivity index (χ0) is 11.6.